The molecule has 0 unspecified atom stereocenters. The smallest absolute Gasteiger partial charge is 0.289 e. The standard InChI is InChI=1S/C24H18ClN5O2/c1-14-3-8-20-19(11-14)21(15(2)30(20)13-16-4-6-18(25)7-5-16)22(31)24-29-28-23(32-24)17-9-10-26-27-12-17/h3-12H,13H2,1-2H3. The number of aromatic nitrogens is 5. The lowest BCUT2D eigenvalue weighted by molar-refractivity contribution is 0.100. The van der Waals surface area contributed by atoms with E-state index in [-0.39, 0.29) is 17.6 Å². The highest BCUT2D eigenvalue weighted by Gasteiger charge is 2.26. The van der Waals surface area contributed by atoms with Gasteiger partial charge in [-0.05, 0) is 49.7 Å². The molecule has 0 bridgehead atoms. The van der Waals surface area contributed by atoms with Gasteiger partial charge in [0.15, 0.2) is 0 Å². The highest BCUT2D eigenvalue weighted by Crippen LogP contribution is 2.30. The molecule has 32 heavy (non-hydrogen) atoms. The summed E-state index contributed by atoms with van der Waals surface area (Å²) >= 11 is 6.04. The van der Waals surface area contributed by atoms with Gasteiger partial charge in [0.05, 0.1) is 23.5 Å². The van der Waals surface area contributed by atoms with Crippen LogP contribution in [0.1, 0.15) is 33.1 Å². The third-order valence-electron chi connectivity index (χ3n) is 5.41. The molecule has 7 nitrogen and oxygen atoms in total. The lowest BCUT2D eigenvalue weighted by Crippen LogP contribution is -2.06. The number of fused-ring (bicyclic) bond motifs is 1. The van der Waals surface area contributed by atoms with Gasteiger partial charge in [0, 0.05) is 28.2 Å². The van der Waals surface area contributed by atoms with E-state index in [1.165, 1.54) is 12.4 Å². The van der Waals surface area contributed by atoms with Crippen molar-refractivity contribution in [1.29, 1.82) is 0 Å². The van der Waals surface area contributed by atoms with E-state index in [0.29, 0.717) is 22.7 Å². The van der Waals surface area contributed by atoms with Gasteiger partial charge >= 0.3 is 0 Å². The van der Waals surface area contributed by atoms with Gasteiger partial charge in [-0.15, -0.1) is 10.2 Å². The van der Waals surface area contributed by atoms with E-state index in [0.717, 1.165) is 27.7 Å². The number of hydrogen-bond donors (Lipinski definition) is 0. The Labute approximate surface area is 188 Å². The minimum atomic E-state index is -0.311. The maximum Gasteiger partial charge on any atom is 0.289 e. The summed E-state index contributed by atoms with van der Waals surface area (Å²) in [6, 6.07) is 15.5. The average molecular weight is 444 g/mol. The predicted octanol–water partition coefficient (Wildman–Crippen LogP) is 5.03. The van der Waals surface area contributed by atoms with E-state index in [1.807, 2.05) is 56.3 Å². The van der Waals surface area contributed by atoms with Crippen LogP contribution in [0.5, 0.6) is 0 Å². The van der Waals surface area contributed by atoms with Gasteiger partial charge in [-0.2, -0.15) is 10.2 Å². The molecule has 0 fully saturated rings. The molecule has 8 heteroatoms. The van der Waals surface area contributed by atoms with Crippen LogP contribution in [0.15, 0.2) is 65.3 Å². The third-order valence-corrected chi connectivity index (χ3v) is 5.66. The number of aryl methyl sites for hydroxylation is 1. The minimum Gasteiger partial charge on any atom is -0.413 e. The second-order valence-electron chi connectivity index (χ2n) is 7.57. The second-order valence-corrected chi connectivity index (χ2v) is 8.00. The molecular formula is C24H18ClN5O2. The first kappa shape index (κ1) is 20.1. The van der Waals surface area contributed by atoms with Crippen LogP contribution in [0.4, 0.5) is 0 Å². The largest absolute Gasteiger partial charge is 0.413 e. The molecule has 0 aliphatic heterocycles. The molecule has 158 valence electrons. The summed E-state index contributed by atoms with van der Waals surface area (Å²) in [5.74, 6) is -0.150. The van der Waals surface area contributed by atoms with Gasteiger partial charge in [0.2, 0.25) is 5.89 Å². The molecule has 0 aliphatic rings. The molecule has 0 saturated carbocycles. The fraction of sp³-hybridized carbons (Fsp3) is 0.125. The van der Waals surface area contributed by atoms with Crippen molar-refractivity contribution >= 4 is 28.3 Å². The Morgan fingerprint density at radius 1 is 1.03 bits per heavy atom. The number of carbonyl (C=O) groups is 1. The van der Waals surface area contributed by atoms with Crippen molar-refractivity contribution in [2.75, 3.05) is 0 Å². The average Bonchev–Trinajstić information content (AvgIpc) is 3.39. The molecule has 0 saturated heterocycles. The molecular weight excluding hydrogens is 426 g/mol. The van der Waals surface area contributed by atoms with Crippen molar-refractivity contribution in [3.63, 3.8) is 0 Å². The number of benzene rings is 2. The Kier molecular flexibility index (Phi) is 5.03. The molecule has 3 aromatic heterocycles. The van der Waals surface area contributed by atoms with Crippen molar-refractivity contribution in [2.45, 2.75) is 20.4 Å². The molecule has 5 aromatic rings. The van der Waals surface area contributed by atoms with Crippen LogP contribution < -0.4 is 0 Å². The number of hydrogen-bond acceptors (Lipinski definition) is 6. The third kappa shape index (κ3) is 3.56. The molecule has 0 N–H and O–H groups in total. The first-order chi connectivity index (χ1) is 15.5. The predicted molar refractivity (Wildman–Crippen MR) is 121 cm³/mol. The quantitative estimate of drug-likeness (QED) is 0.354. The van der Waals surface area contributed by atoms with E-state index in [9.17, 15) is 4.79 Å². The van der Waals surface area contributed by atoms with Gasteiger partial charge in [-0.3, -0.25) is 4.79 Å². The van der Waals surface area contributed by atoms with E-state index in [2.05, 4.69) is 25.0 Å². The van der Waals surface area contributed by atoms with Crippen LogP contribution in [0.2, 0.25) is 5.02 Å². The Morgan fingerprint density at radius 2 is 1.84 bits per heavy atom. The highest BCUT2D eigenvalue weighted by atomic mass is 35.5. The number of ketones is 1. The van der Waals surface area contributed by atoms with Crippen LogP contribution >= 0.6 is 11.6 Å². The molecule has 5 rings (SSSR count). The SMILES string of the molecule is Cc1ccc2c(c1)c(C(=O)c1nnc(-c3ccnnc3)o1)c(C)n2Cc1ccc(Cl)cc1. The maximum absolute atomic E-state index is 13.5. The maximum atomic E-state index is 13.5. The summed E-state index contributed by atoms with van der Waals surface area (Å²) in [5, 5.41) is 17.1. The number of carbonyl (C=O) groups excluding carboxylic acids is 1. The fourth-order valence-corrected chi connectivity index (χ4v) is 3.94. The van der Waals surface area contributed by atoms with Crippen LogP contribution in [0, 0.1) is 13.8 Å². The summed E-state index contributed by atoms with van der Waals surface area (Å²) in [6.07, 6.45) is 3.03. The Balaban J connectivity index is 1.60. The number of halogens is 1. The Hall–Kier alpha value is -3.84. The normalized spacial score (nSPS) is 11.2. The lowest BCUT2D eigenvalue weighted by atomic mass is 10.0. The topological polar surface area (TPSA) is 86.7 Å². The van der Waals surface area contributed by atoms with Crippen molar-refractivity contribution in [1.82, 2.24) is 25.0 Å². The molecule has 3 heterocycles. The zero-order valence-corrected chi connectivity index (χ0v) is 18.2. The van der Waals surface area contributed by atoms with Crippen molar-refractivity contribution in [2.24, 2.45) is 0 Å². The minimum absolute atomic E-state index is 0.0630. The van der Waals surface area contributed by atoms with Crippen LogP contribution in [0.25, 0.3) is 22.4 Å². The Bertz CT molecular complexity index is 1440. The molecule has 0 radical (unpaired) electrons. The fourth-order valence-electron chi connectivity index (χ4n) is 3.81. The van der Waals surface area contributed by atoms with Crippen molar-refractivity contribution in [3.05, 3.63) is 94.2 Å². The zero-order valence-electron chi connectivity index (χ0n) is 17.4. The first-order valence-electron chi connectivity index (χ1n) is 10.0. The van der Waals surface area contributed by atoms with Gasteiger partial charge in [0.1, 0.15) is 0 Å². The highest BCUT2D eigenvalue weighted by molar-refractivity contribution is 6.30. The second kappa shape index (κ2) is 8.01. The summed E-state index contributed by atoms with van der Waals surface area (Å²) in [6.45, 7) is 4.54. The number of rotatable bonds is 5. The van der Waals surface area contributed by atoms with E-state index >= 15 is 0 Å². The summed E-state index contributed by atoms with van der Waals surface area (Å²) in [5.41, 5.74) is 5.09. The monoisotopic (exact) mass is 443 g/mol. The van der Waals surface area contributed by atoms with Crippen LogP contribution in [0.3, 0.4) is 0 Å². The van der Waals surface area contributed by atoms with Gasteiger partial charge in [-0.25, -0.2) is 0 Å². The van der Waals surface area contributed by atoms with Crippen molar-refractivity contribution in [3.8, 4) is 11.5 Å². The molecule has 0 aliphatic carbocycles. The number of nitrogens with zero attached hydrogens (tertiary/aromatic N) is 5. The first-order valence-corrected chi connectivity index (χ1v) is 10.4. The molecule has 2 aromatic carbocycles. The summed E-state index contributed by atoms with van der Waals surface area (Å²) < 4.78 is 7.82. The zero-order chi connectivity index (χ0) is 22.2. The van der Waals surface area contributed by atoms with E-state index in [1.54, 1.807) is 6.07 Å². The van der Waals surface area contributed by atoms with Crippen LogP contribution in [-0.2, 0) is 6.54 Å². The lowest BCUT2D eigenvalue weighted by Gasteiger charge is -2.09. The Morgan fingerprint density at radius 3 is 2.59 bits per heavy atom. The van der Waals surface area contributed by atoms with Crippen LogP contribution in [-0.4, -0.2) is 30.7 Å². The summed E-state index contributed by atoms with van der Waals surface area (Å²) in [7, 11) is 0. The van der Waals surface area contributed by atoms with E-state index in [4.69, 9.17) is 16.0 Å². The van der Waals surface area contributed by atoms with Crippen molar-refractivity contribution < 1.29 is 9.21 Å². The summed E-state index contributed by atoms with van der Waals surface area (Å²) in [4.78, 5) is 13.5. The molecule has 0 amide bonds. The molecule has 0 atom stereocenters. The van der Waals surface area contributed by atoms with Gasteiger partial charge in [0.25, 0.3) is 11.7 Å². The van der Waals surface area contributed by atoms with Gasteiger partial charge in [-0.1, -0.05) is 35.4 Å². The van der Waals surface area contributed by atoms with Gasteiger partial charge < -0.3 is 8.98 Å². The van der Waals surface area contributed by atoms with E-state index < -0.39 is 0 Å². The molecule has 0 spiro atoms.